The summed E-state index contributed by atoms with van der Waals surface area (Å²) in [5.41, 5.74) is 2.89. The summed E-state index contributed by atoms with van der Waals surface area (Å²) < 4.78 is 1.11. The molecule has 1 rings (SSSR count). The summed E-state index contributed by atoms with van der Waals surface area (Å²) in [6.45, 7) is 1.13. The van der Waals surface area contributed by atoms with Crippen molar-refractivity contribution in [2.45, 2.75) is 23.7 Å². The Balaban J connectivity index is 2.29. The molecule has 0 unspecified atom stereocenters. The van der Waals surface area contributed by atoms with Crippen molar-refractivity contribution in [3.05, 3.63) is 35.4 Å². The monoisotopic (exact) mass is 303 g/mol. The van der Waals surface area contributed by atoms with Gasteiger partial charge in [-0.3, -0.25) is 0 Å². The van der Waals surface area contributed by atoms with Gasteiger partial charge in [-0.2, -0.15) is 0 Å². The third-order valence-electron chi connectivity index (χ3n) is 2.32. The fourth-order valence-electron chi connectivity index (χ4n) is 1.43. The molecule has 1 aromatic carbocycles. The van der Waals surface area contributed by atoms with Gasteiger partial charge >= 0.3 is 0 Å². The van der Waals surface area contributed by atoms with Crippen LogP contribution in [0.3, 0.4) is 0 Å². The summed E-state index contributed by atoms with van der Waals surface area (Å²) in [4.78, 5) is 0. The first-order valence-electron chi connectivity index (χ1n) is 5.15. The fraction of sp³-hybridized carbons (Fsp3) is 0.500. The van der Waals surface area contributed by atoms with E-state index in [1.165, 1.54) is 30.4 Å². The van der Waals surface area contributed by atoms with Crippen molar-refractivity contribution in [1.82, 2.24) is 5.32 Å². The second kappa shape index (κ2) is 7.23. The third kappa shape index (κ3) is 4.42. The van der Waals surface area contributed by atoms with Crippen LogP contribution in [0.1, 0.15) is 24.0 Å². The Labute approximate surface area is 100 Å². The Morgan fingerprint density at radius 2 is 1.71 bits per heavy atom. The zero-order valence-electron chi connectivity index (χ0n) is 8.72. The average molecular weight is 303 g/mol. The molecule has 0 radical (unpaired) electrons. The third-order valence-corrected chi connectivity index (χ3v) is 3.20. The van der Waals surface area contributed by atoms with Gasteiger partial charge in [0.2, 0.25) is 0 Å². The van der Waals surface area contributed by atoms with Gasteiger partial charge in [0.1, 0.15) is 0 Å². The van der Waals surface area contributed by atoms with Crippen molar-refractivity contribution in [1.29, 1.82) is 0 Å². The number of aryl methyl sites for hydroxylation is 1. The van der Waals surface area contributed by atoms with Gasteiger partial charge in [-0.25, -0.2) is 0 Å². The van der Waals surface area contributed by atoms with Crippen LogP contribution in [-0.2, 0) is 10.8 Å². The lowest BCUT2D eigenvalue weighted by Gasteiger charge is -2.02. The molecule has 0 aliphatic heterocycles. The van der Waals surface area contributed by atoms with Crippen LogP contribution in [0, 0.1) is 0 Å². The Kier molecular flexibility index (Phi) is 6.19. The molecule has 14 heavy (non-hydrogen) atoms. The molecule has 0 saturated heterocycles. The molecule has 78 valence electrons. The van der Waals surface area contributed by atoms with E-state index in [9.17, 15) is 0 Å². The van der Waals surface area contributed by atoms with E-state index in [-0.39, 0.29) is 0 Å². The van der Waals surface area contributed by atoms with E-state index in [1.807, 2.05) is 7.05 Å². The predicted molar refractivity (Wildman–Crippen MR) is 71.0 cm³/mol. The van der Waals surface area contributed by atoms with Crippen LogP contribution in [0.25, 0.3) is 0 Å². The molecule has 0 amide bonds. The Bertz CT molecular complexity index is 243. The van der Waals surface area contributed by atoms with E-state index in [0.717, 1.165) is 11.0 Å². The van der Waals surface area contributed by atoms with E-state index < -0.39 is 0 Å². The molecule has 1 nitrogen and oxygen atoms in total. The molecule has 0 atom stereocenters. The lowest BCUT2D eigenvalue weighted by molar-refractivity contribution is 0.677. The van der Waals surface area contributed by atoms with Crippen LogP contribution in [0.4, 0.5) is 0 Å². The van der Waals surface area contributed by atoms with Crippen molar-refractivity contribution in [3.8, 4) is 0 Å². The molecule has 0 aliphatic carbocycles. The predicted octanol–water partition coefficient (Wildman–Crippen LogP) is 3.16. The lowest BCUT2D eigenvalue weighted by Crippen LogP contribution is -2.07. The maximum atomic E-state index is 3.17. The molecule has 0 aromatic heterocycles. The number of nitrogens with one attached hydrogen (secondary N) is 1. The van der Waals surface area contributed by atoms with E-state index in [0.29, 0.717) is 0 Å². The first-order valence-corrected chi connectivity index (χ1v) is 6.67. The fourth-order valence-corrected chi connectivity index (χ4v) is 1.93. The van der Waals surface area contributed by atoms with Crippen LogP contribution in [0.5, 0.6) is 0 Å². The number of alkyl halides is 1. The normalized spacial score (nSPS) is 10.4. The second-order valence-corrected chi connectivity index (χ2v) is 4.27. The zero-order valence-corrected chi connectivity index (χ0v) is 10.9. The first kappa shape index (κ1) is 12.0. The maximum Gasteiger partial charge on any atom is 0.0247 e. The molecule has 1 aromatic rings. The van der Waals surface area contributed by atoms with Crippen molar-refractivity contribution in [3.63, 3.8) is 0 Å². The first-order chi connectivity index (χ1) is 6.86. The molecule has 0 bridgehead atoms. The summed E-state index contributed by atoms with van der Waals surface area (Å²) in [6, 6.07) is 8.99. The minimum Gasteiger partial charge on any atom is -0.320 e. The summed E-state index contributed by atoms with van der Waals surface area (Å²) in [6.07, 6.45) is 3.76. The highest BCUT2D eigenvalue weighted by Gasteiger charge is 1.94. The standard InChI is InChI=1S/C12H18IN/c1-14-9-3-2-4-11-5-7-12(10-13)8-6-11/h5-8,14H,2-4,9-10H2,1H3. The Morgan fingerprint density at radius 1 is 1.07 bits per heavy atom. The van der Waals surface area contributed by atoms with Crippen LogP contribution in [-0.4, -0.2) is 13.6 Å². The number of benzene rings is 1. The highest BCUT2D eigenvalue weighted by Crippen LogP contribution is 2.10. The molecule has 2 heteroatoms. The Hall–Kier alpha value is -0.0900. The molecule has 0 heterocycles. The van der Waals surface area contributed by atoms with Gasteiger partial charge in [-0.15, -0.1) is 0 Å². The smallest absolute Gasteiger partial charge is 0.0247 e. The van der Waals surface area contributed by atoms with Crippen molar-refractivity contribution in [2.24, 2.45) is 0 Å². The SMILES string of the molecule is CNCCCCc1ccc(CI)cc1. The van der Waals surface area contributed by atoms with Crippen molar-refractivity contribution >= 4 is 22.6 Å². The zero-order chi connectivity index (χ0) is 10.2. The Morgan fingerprint density at radius 3 is 2.29 bits per heavy atom. The molecule has 1 N–H and O–H groups in total. The number of rotatable bonds is 6. The summed E-state index contributed by atoms with van der Waals surface area (Å²) in [5, 5.41) is 3.17. The van der Waals surface area contributed by atoms with Crippen LogP contribution < -0.4 is 5.32 Å². The molecule has 0 spiro atoms. The van der Waals surface area contributed by atoms with E-state index in [2.05, 4.69) is 52.2 Å². The summed E-state index contributed by atoms with van der Waals surface area (Å²) in [7, 11) is 2.01. The van der Waals surface area contributed by atoms with Gasteiger partial charge in [0.25, 0.3) is 0 Å². The molecule has 0 aliphatic rings. The number of hydrogen-bond donors (Lipinski definition) is 1. The highest BCUT2D eigenvalue weighted by atomic mass is 127. The number of halogens is 1. The van der Waals surface area contributed by atoms with Crippen LogP contribution in [0.2, 0.25) is 0 Å². The van der Waals surface area contributed by atoms with Crippen molar-refractivity contribution in [2.75, 3.05) is 13.6 Å². The van der Waals surface area contributed by atoms with E-state index >= 15 is 0 Å². The number of unbranched alkanes of at least 4 members (excludes halogenated alkanes) is 1. The highest BCUT2D eigenvalue weighted by molar-refractivity contribution is 14.1. The largest absolute Gasteiger partial charge is 0.320 e. The summed E-state index contributed by atoms with van der Waals surface area (Å²) >= 11 is 2.40. The van der Waals surface area contributed by atoms with E-state index in [4.69, 9.17) is 0 Å². The topological polar surface area (TPSA) is 12.0 Å². The van der Waals surface area contributed by atoms with Crippen molar-refractivity contribution < 1.29 is 0 Å². The summed E-state index contributed by atoms with van der Waals surface area (Å²) in [5.74, 6) is 0. The number of hydrogen-bond acceptors (Lipinski definition) is 1. The second-order valence-electron chi connectivity index (χ2n) is 3.51. The molecular weight excluding hydrogens is 285 g/mol. The molecule has 0 fully saturated rings. The van der Waals surface area contributed by atoms with Gasteiger partial charge in [0.15, 0.2) is 0 Å². The molecular formula is C12H18IN. The molecule has 0 saturated carbocycles. The quantitative estimate of drug-likeness (QED) is 0.483. The van der Waals surface area contributed by atoms with Crippen LogP contribution >= 0.6 is 22.6 Å². The van der Waals surface area contributed by atoms with Gasteiger partial charge in [-0.1, -0.05) is 46.9 Å². The maximum absolute atomic E-state index is 3.17. The minimum atomic E-state index is 1.11. The van der Waals surface area contributed by atoms with Crippen LogP contribution in [0.15, 0.2) is 24.3 Å². The van der Waals surface area contributed by atoms with Gasteiger partial charge in [-0.05, 0) is 44.0 Å². The van der Waals surface area contributed by atoms with Gasteiger partial charge in [0.05, 0.1) is 0 Å². The minimum absolute atomic E-state index is 1.11. The van der Waals surface area contributed by atoms with Gasteiger partial charge < -0.3 is 5.32 Å². The average Bonchev–Trinajstić information content (AvgIpc) is 2.25. The lowest BCUT2D eigenvalue weighted by atomic mass is 10.1. The van der Waals surface area contributed by atoms with Gasteiger partial charge in [0, 0.05) is 4.43 Å². The van der Waals surface area contributed by atoms with E-state index in [1.54, 1.807) is 0 Å².